The minimum atomic E-state index is -0.885. The number of nitrogens with one attached hydrogen (secondary N) is 1. The molecule has 1 N–H and O–H groups in total. The number of rotatable bonds is 5. The summed E-state index contributed by atoms with van der Waals surface area (Å²) in [5.74, 6) is -1.08. The highest BCUT2D eigenvalue weighted by Gasteiger charge is 2.59. The third kappa shape index (κ3) is 3.72. The van der Waals surface area contributed by atoms with Crippen LogP contribution < -0.4 is 15.1 Å². The maximum absolute atomic E-state index is 15.1. The molecule has 2 heterocycles. The van der Waals surface area contributed by atoms with Gasteiger partial charge >= 0.3 is 0 Å². The van der Waals surface area contributed by atoms with Crippen molar-refractivity contribution in [2.75, 3.05) is 9.80 Å². The topological polar surface area (TPSA) is 74.8 Å². The number of benzene rings is 2. The summed E-state index contributed by atoms with van der Waals surface area (Å²) < 4.78 is 16.6. The Kier molecular flexibility index (Phi) is 5.98. The van der Waals surface area contributed by atoms with Gasteiger partial charge in [-0.15, -0.1) is 0 Å². The number of carbonyl (C=O) groups is 2. The van der Waals surface area contributed by atoms with Gasteiger partial charge < -0.3 is 10.2 Å². The van der Waals surface area contributed by atoms with Crippen LogP contribution in [-0.2, 0) is 18.4 Å². The second-order valence-electron chi connectivity index (χ2n) is 8.69. The lowest BCUT2D eigenvalue weighted by molar-refractivity contribution is -0.123. The first-order valence-electron chi connectivity index (χ1n) is 11.2. The van der Waals surface area contributed by atoms with Gasteiger partial charge in [0.05, 0.1) is 12.3 Å². The molecule has 36 heavy (non-hydrogen) atoms. The van der Waals surface area contributed by atoms with Gasteiger partial charge in [-0.2, -0.15) is 5.10 Å². The summed E-state index contributed by atoms with van der Waals surface area (Å²) in [6.45, 7) is 7.18. The summed E-state index contributed by atoms with van der Waals surface area (Å²) in [7, 11) is 1.65. The monoisotopic (exact) mass is 522 g/mol. The van der Waals surface area contributed by atoms with Crippen LogP contribution in [-0.4, -0.2) is 32.2 Å². The van der Waals surface area contributed by atoms with Gasteiger partial charge in [-0.3, -0.25) is 19.2 Å². The molecule has 2 aliphatic rings. The van der Waals surface area contributed by atoms with Crippen molar-refractivity contribution in [3.05, 3.63) is 82.2 Å². The quantitative estimate of drug-likeness (QED) is 0.386. The fourth-order valence-corrected chi connectivity index (χ4v) is 5.30. The highest BCUT2D eigenvalue weighted by Crippen LogP contribution is 2.48. The molecule has 1 aliphatic heterocycles. The van der Waals surface area contributed by atoms with Crippen LogP contribution in [0.4, 0.5) is 21.5 Å². The molecule has 182 valence electrons. The molecule has 1 spiro atoms. The second kappa shape index (κ2) is 9.00. The van der Waals surface area contributed by atoms with E-state index in [-0.39, 0.29) is 34.2 Å². The number of hydrogen-bond donors (Lipinski definition) is 1. The highest BCUT2D eigenvalue weighted by molar-refractivity contribution is 7.81. The van der Waals surface area contributed by atoms with Gasteiger partial charge in [0, 0.05) is 36.1 Å². The van der Waals surface area contributed by atoms with Gasteiger partial charge in [-0.05, 0) is 61.8 Å². The summed E-state index contributed by atoms with van der Waals surface area (Å²) in [4.78, 5) is 32.4. The Morgan fingerprint density at radius 2 is 2.00 bits per heavy atom. The molecule has 1 saturated heterocycles. The van der Waals surface area contributed by atoms with E-state index in [9.17, 15) is 9.59 Å². The number of anilines is 2. The van der Waals surface area contributed by atoms with Gasteiger partial charge in [0.25, 0.3) is 11.8 Å². The third-order valence-corrected chi connectivity index (χ3v) is 7.36. The summed E-state index contributed by atoms with van der Waals surface area (Å²) in [5.41, 5.74) is 0.978. The average Bonchev–Trinajstić information content (AvgIpc) is 3.35. The van der Waals surface area contributed by atoms with Crippen LogP contribution in [0.1, 0.15) is 35.3 Å². The molecule has 11 heteroatoms. The normalized spacial score (nSPS) is 16.3. The van der Waals surface area contributed by atoms with Crippen molar-refractivity contribution in [3.8, 4) is 0 Å². The highest BCUT2D eigenvalue weighted by atomic mass is 35.5. The standard InChI is InChI=1S/C25H20ClFN6O2S/c1-28-20-7-6-16(12-18(20)26)32-23(35)25(9-3-10-25)33(24(32)36)17-5-4-15(19(27)13-17)14-29-22(34)21-8-11-30-31(21)2/h4-8,11-13H,3,9-10,14H2,2H3,(H,29,34). The lowest BCUT2D eigenvalue weighted by Gasteiger charge is -2.43. The van der Waals surface area contributed by atoms with Crippen LogP contribution in [0.2, 0.25) is 5.02 Å². The zero-order chi connectivity index (χ0) is 25.6. The van der Waals surface area contributed by atoms with Crippen LogP contribution in [0, 0.1) is 12.4 Å². The van der Waals surface area contributed by atoms with Gasteiger partial charge in [-0.1, -0.05) is 23.7 Å². The maximum atomic E-state index is 15.1. The van der Waals surface area contributed by atoms with Crippen LogP contribution >= 0.6 is 23.8 Å². The first-order valence-corrected chi connectivity index (χ1v) is 12.0. The predicted octanol–water partition coefficient (Wildman–Crippen LogP) is 4.75. The van der Waals surface area contributed by atoms with Crippen molar-refractivity contribution in [1.82, 2.24) is 15.1 Å². The van der Waals surface area contributed by atoms with Gasteiger partial charge in [0.15, 0.2) is 5.11 Å². The summed E-state index contributed by atoms with van der Waals surface area (Å²) in [6, 6.07) is 10.9. The van der Waals surface area contributed by atoms with E-state index in [1.807, 2.05) is 0 Å². The second-order valence-corrected chi connectivity index (χ2v) is 9.46. The fraction of sp³-hybridized carbons (Fsp3) is 0.240. The van der Waals surface area contributed by atoms with Gasteiger partial charge in [0.2, 0.25) is 5.69 Å². The van der Waals surface area contributed by atoms with Crippen molar-refractivity contribution in [1.29, 1.82) is 0 Å². The smallest absolute Gasteiger partial charge is 0.269 e. The Bertz CT molecular complexity index is 1460. The fourth-order valence-electron chi connectivity index (χ4n) is 4.62. The minimum absolute atomic E-state index is 0.0112. The zero-order valence-electron chi connectivity index (χ0n) is 19.2. The zero-order valence-corrected chi connectivity index (χ0v) is 20.7. The molecule has 0 unspecified atom stereocenters. The maximum Gasteiger partial charge on any atom is 0.269 e. The number of thiocarbonyl (C=S) groups is 1. The van der Waals surface area contributed by atoms with E-state index in [0.717, 1.165) is 6.42 Å². The number of aryl methyl sites for hydroxylation is 1. The average molecular weight is 523 g/mol. The minimum Gasteiger partial charge on any atom is -0.347 e. The number of amides is 2. The van der Waals surface area contributed by atoms with Crippen LogP contribution in [0.5, 0.6) is 0 Å². The molecular formula is C25H20ClFN6O2S. The summed E-state index contributed by atoms with van der Waals surface area (Å²) >= 11 is 11.9. The van der Waals surface area contributed by atoms with E-state index in [4.69, 9.17) is 30.4 Å². The third-order valence-electron chi connectivity index (χ3n) is 6.69. The Balaban J connectivity index is 1.42. The number of aromatic nitrogens is 2. The first-order chi connectivity index (χ1) is 17.3. The van der Waals surface area contributed by atoms with Crippen molar-refractivity contribution < 1.29 is 14.0 Å². The number of nitrogens with zero attached hydrogens (tertiary/aromatic N) is 5. The van der Waals surface area contributed by atoms with Crippen molar-refractivity contribution in [3.63, 3.8) is 0 Å². The molecule has 2 aromatic carbocycles. The molecule has 8 nitrogen and oxygen atoms in total. The van der Waals surface area contributed by atoms with Crippen molar-refractivity contribution in [2.24, 2.45) is 7.05 Å². The Morgan fingerprint density at radius 3 is 2.58 bits per heavy atom. The summed E-state index contributed by atoms with van der Waals surface area (Å²) in [6.07, 6.45) is 3.52. The van der Waals surface area contributed by atoms with E-state index in [2.05, 4.69) is 15.3 Å². The molecule has 0 atom stereocenters. The van der Waals surface area contributed by atoms with Crippen LogP contribution in [0.25, 0.3) is 4.85 Å². The number of halogens is 2. The molecule has 0 bridgehead atoms. The van der Waals surface area contributed by atoms with E-state index >= 15 is 4.39 Å². The summed E-state index contributed by atoms with van der Waals surface area (Å²) in [5, 5.41) is 7.10. The van der Waals surface area contributed by atoms with Crippen molar-refractivity contribution in [2.45, 2.75) is 31.3 Å². The van der Waals surface area contributed by atoms with E-state index < -0.39 is 11.4 Å². The molecule has 0 radical (unpaired) electrons. The molecule has 3 aromatic rings. The lowest BCUT2D eigenvalue weighted by atomic mass is 9.75. The first kappa shape index (κ1) is 23.9. The number of carbonyl (C=O) groups excluding carboxylic acids is 2. The van der Waals surface area contributed by atoms with Crippen LogP contribution in [0.15, 0.2) is 48.7 Å². The Morgan fingerprint density at radius 1 is 1.25 bits per heavy atom. The van der Waals surface area contributed by atoms with Gasteiger partial charge in [0.1, 0.15) is 17.1 Å². The Hall–Kier alpha value is -3.81. The molecule has 2 amide bonds. The van der Waals surface area contributed by atoms with E-state index in [0.29, 0.717) is 35.5 Å². The molecule has 1 aromatic heterocycles. The van der Waals surface area contributed by atoms with Crippen molar-refractivity contribution >= 4 is 57.8 Å². The SMILES string of the molecule is [C-]#[N+]c1ccc(N2C(=O)C3(CCC3)N(c3ccc(CNC(=O)c4ccnn4C)c(F)c3)C2=S)cc1Cl. The van der Waals surface area contributed by atoms with E-state index in [1.54, 1.807) is 48.3 Å². The predicted molar refractivity (Wildman–Crippen MR) is 138 cm³/mol. The van der Waals surface area contributed by atoms with Crippen LogP contribution in [0.3, 0.4) is 0 Å². The molecule has 1 saturated carbocycles. The molecule has 1 aliphatic carbocycles. The molecular weight excluding hydrogens is 503 g/mol. The Labute approximate surface area is 217 Å². The number of hydrogen-bond acceptors (Lipinski definition) is 4. The molecule has 5 rings (SSSR count). The van der Waals surface area contributed by atoms with E-state index in [1.165, 1.54) is 21.8 Å². The molecule has 2 fully saturated rings. The van der Waals surface area contributed by atoms with Gasteiger partial charge in [-0.25, -0.2) is 9.24 Å². The lowest BCUT2D eigenvalue weighted by Crippen LogP contribution is -2.55. The largest absolute Gasteiger partial charge is 0.347 e.